The van der Waals surface area contributed by atoms with Gasteiger partial charge in [-0.3, -0.25) is 10.1 Å². The predicted molar refractivity (Wildman–Crippen MR) is 55.9 cm³/mol. The molecule has 0 aliphatic rings. The first kappa shape index (κ1) is 13.1. The minimum atomic E-state index is -1.48. The van der Waals surface area contributed by atoms with Gasteiger partial charge in [0.25, 0.3) is 5.69 Å². The van der Waals surface area contributed by atoms with Gasteiger partial charge in [-0.15, -0.1) is 0 Å². The van der Waals surface area contributed by atoms with Crippen molar-refractivity contribution in [3.8, 4) is 6.07 Å². The lowest BCUT2D eigenvalue weighted by molar-refractivity contribution is -0.385. The molecule has 1 rings (SSSR count). The van der Waals surface area contributed by atoms with E-state index in [1.54, 1.807) is 6.07 Å². The number of hydrogen-bond donors (Lipinski definition) is 3. The van der Waals surface area contributed by atoms with Gasteiger partial charge < -0.3 is 15.3 Å². The van der Waals surface area contributed by atoms with Crippen molar-refractivity contribution < 1.29 is 20.2 Å². The van der Waals surface area contributed by atoms with Crippen LogP contribution in [0.5, 0.6) is 0 Å². The van der Waals surface area contributed by atoms with Crippen LogP contribution in [0.4, 0.5) is 5.69 Å². The third-order valence-electron chi connectivity index (χ3n) is 2.17. The Balaban J connectivity index is 3.20. The average molecular weight is 238 g/mol. The fourth-order valence-corrected chi connectivity index (χ4v) is 1.30. The second-order valence-electron chi connectivity index (χ2n) is 3.38. The number of aliphatic hydroxyl groups is 3. The lowest BCUT2D eigenvalue weighted by atomic mass is 10.0. The highest BCUT2D eigenvalue weighted by molar-refractivity contribution is 5.45. The molecule has 17 heavy (non-hydrogen) atoms. The van der Waals surface area contributed by atoms with Crippen LogP contribution in [0, 0.1) is 21.4 Å². The summed E-state index contributed by atoms with van der Waals surface area (Å²) in [4.78, 5) is 9.88. The van der Waals surface area contributed by atoms with Crippen LogP contribution in [0.3, 0.4) is 0 Å². The van der Waals surface area contributed by atoms with Gasteiger partial charge in [-0.25, -0.2) is 0 Å². The van der Waals surface area contributed by atoms with Gasteiger partial charge in [0.05, 0.1) is 23.2 Å². The van der Waals surface area contributed by atoms with E-state index in [1.165, 1.54) is 6.07 Å². The molecule has 1 aromatic carbocycles. The van der Waals surface area contributed by atoms with Crippen LogP contribution < -0.4 is 0 Å². The number of nitriles is 1. The SMILES string of the molecule is N#Cc1cc(C(O)C(O)CO)cc([N+](=O)[O-])c1. The summed E-state index contributed by atoms with van der Waals surface area (Å²) in [7, 11) is 0. The second-order valence-corrected chi connectivity index (χ2v) is 3.38. The maximum Gasteiger partial charge on any atom is 0.271 e. The van der Waals surface area contributed by atoms with E-state index in [0.29, 0.717) is 0 Å². The van der Waals surface area contributed by atoms with Crippen molar-refractivity contribution in [1.82, 2.24) is 0 Å². The Morgan fingerprint density at radius 1 is 1.41 bits per heavy atom. The molecule has 7 heteroatoms. The highest BCUT2D eigenvalue weighted by Crippen LogP contribution is 2.23. The molecule has 2 atom stereocenters. The minimum absolute atomic E-state index is 0.00149. The molecule has 0 saturated carbocycles. The number of nitro groups is 1. The van der Waals surface area contributed by atoms with E-state index in [4.69, 9.17) is 10.4 Å². The van der Waals surface area contributed by atoms with E-state index in [9.17, 15) is 20.3 Å². The fraction of sp³-hybridized carbons (Fsp3) is 0.300. The Kier molecular flexibility index (Phi) is 4.12. The highest BCUT2D eigenvalue weighted by atomic mass is 16.6. The fourth-order valence-electron chi connectivity index (χ4n) is 1.30. The summed E-state index contributed by atoms with van der Waals surface area (Å²) in [6, 6.07) is 5.04. The molecule has 0 saturated heterocycles. The lowest BCUT2D eigenvalue weighted by Crippen LogP contribution is -2.22. The molecule has 0 heterocycles. The molecule has 90 valence electrons. The molecule has 3 N–H and O–H groups in total. The van der Waals surface area contributed by atoms with E-state index in [0.717, 1.165) is 12.1 Å². The summed E-state index contributed by atoms with van der Waals surface area (Å²) in [5.41, 5.74) is -0.348. The van der Waals surface area contributed by atoms with Crippen LogP contribution >= 0.6 is 0 Å². The smallest absolute Gasteiger partial charge is 0.271 e. The number of rotatable bonds is 4. The largest absolute Gasteiger partial charge is 0.394 e. The number of nitrogens with zero attached hydrogens (tertiary/aromatic N) is 2. The summed E-state index contributed by atoms with van der Waals surface area (Å²) in [6.07, 6.45) is -2.93. The first-order valence-corrected chi connectivity index (χ1v) is 4.66. The summed E-state index contributed by atoms with van der Waals surface area (Å²) < 4.78 is 0. The van der Waals surface area contributed by atoms with Gasteiger partial charge in [0.2, 0.25) is 0 Å². The van der Waals surface area contributed by atoms with Crippen LogP contribution in [0.25, 0.3) is 0 Å². The van der Waals surface area contributed by atoms with Crippen molar-refractivity contribution in [3.63, 3.8) is 0 Å². The van der Waals surface area contributed by atoms with E-state index in [2.05, 4.69) is 0 Å². The third-order valence-corrected chi connectivity index (χ3v) is 2.17. The number of aliphatic hydroxyl groups excluding tert-OH is 3. The van der Waals surface area contributed by atoms with Crippen LogP contribution in [-0.4, -0.2) is 33.0 Å². The maximum atomic E-state index is 10.6. The van der Waals surface area contributed by atoms with Crippen LogP contribution in [0.1, 0.15) is 17.2 Å². The Bertz CT molecular complexity index is 468. The van der Waals surface area contributed by atoms with Crippen LogP contribution in [-0.2, 0) is 0 Å². The molecule has 0 spiro atoms. The van der Waals surface area contributed by atoms with E-state index >= 15 is 0 Å². The topological polar surface area (TPSA) is 128 Å². The predicted octanol–water partition coefficient (Wildman–Crippen LogP) is -0.147. The van der Waals surface area contributed by atoms with Gasteiger partial charge in [0.1, 0.15) is 12.2 Å². The number of nitro benzene ring substituents is 1. The molecule has 0 amide bonds. The molecule has 7 nitrogen and oxygen atoms in total. The van der Waals surface area contributed by atoms with E-state index in [1.807, 2.05) is 0 Å². The van der Waals surface area contributed by atoms with E-state index < -0.39 is 23.7 Å². The highest BCUT2D eigenvalue weighted by Gasteiger charge is 2.20. The Labute approximate surface area is 96.3 Å². The standard InChI is InChI=1S/C10H10N2O5/c11-4-6-1-7(10(15)9(14)5-13)3-8(2-6)12(16)17/h1-3,9-10,13-15H,5H2. The average Bonchev–Trinajstić information content (AvgIpc) is 2.36. The van der Waals surface area contributed by atoms with Crippen LogP contribution in [0.2, 0.25) is 0 Å². The van der Waals surface area contributed by atoms with Crippen LogP contribution in [0.15, 0.2) is 18.2 Å². The van der Waals surface area contributed by atoms with Crippen molar-refractivity contribution in [3.05, 3.63) is 39.4 Å². The molecule has 0 aromatic heterocycles. The molecule has 1 aromatic rings. The number of benzene rings is 1. The monoisotopic (exact) mass is 238 g/mol. The zero-order valence-electron chi connectivity index (χ0n) is 8.65. The molecule has 0 fully saturated rings. The third kappa shape index (κ3) is 2.98. The summed E-state index contributed by atoms with van der Waals surface area (Å²) in [6.45, 7) is -0.689. The number of non-ortho nitro benzene ring substituents is 1. The van der Waals surface area contributed by atoms with E-state index in [-0.39, 0.29) is 16.8 Å². The van der Waals surface area contributed by atoms with Crippen molar-refractivity contribution in [2.24, 2.45) is 0 Å². The van der Waals surface area contributed by atoms with Gasteiger partial charge in [-0.05, 0) is 11.6 Å². The molecule has 0 radical (unpaired) electrons. The number of hydrogen-bond acceptors (Lipinski definition) is 6. The van der Waals surface area contributed by atoms with Crippen molar-refractivity contribution in [2.45, 2.75) is 12.2 Å². The Morgan fingerprint density at radius 3 is 2.53 bits per heavy atom. The molecule has 2 unspecified atom stereocenters. The molecule has 0 bridgehead atoms. The zero-order valence-corrected chi connectivity index (χ0v) is 8.65. The zero-order chi connectivity index (χ0) is 13.0. The summed E-state index contributed by atoms with van der Waals surface area (Å²) in [5.74, 6) is 0. The Morgan fingerprint density at radius 2 is 2.06 bits per heavy atom. The lowest BCUT2D eigenvalue weighted by Gasteiger charge is -2.15. The van der Waals surface area contributed by atoms with Gasteiger partial charge in [-0.2, -0.15) is 5.26 Å². The molecule has 0 aliphatic heterocycles. The van der Waals surface area contributed by atoms with Crippen molar-refractivity contribution >= 4 is 5.69 Å². The van der Waals surface area contributed by atoms with Crippen molar-refractivity contribution in [1.29, 1.82) is 5.26 Å². The van der Waals surface area contributed by atoms with Crippen molar-refractivity contribution in [2.75, 3.05) is 6.61 Å². The quantitative estimate of drug-likeness (QED) is 0.494. The molecule has 0 aliphatic carbocycles. The Hall–Kier alpha value is -2.01. The maximum absolute atomic E-state index is 10.6. The first-order chi connectivity index (χ1) is 7.99. The summed E-state index contributed by atoms with van der Waals surface area (Å²) in [5, 5.41) is 46.7. The van der Waals surface area contributed by atoms with Gasteiger partial charge in [-0.1, -0.05) is 0 Å². The van der Waals surface area contributed by atoms with Gasteiger partial charge in [0, 0.05) is 12.1 Å². The molecular formula is C10H10N2O5. The first-order valence-electron chi connectivity index (χ1n) is 4.66. The normalized spacial score (nSPS) is 13.8. The second kappa shape index (κ2) is 5.36. The van der Waals surface area contributed by atoms with Gasteiger partial charge in [0.15, 0.2) is 0 Å². The summed E-state index contributed by atoms with van der Waals surface area (Å²) >= 11 is 0. The minimum Gasteiger partial charge on any atom is -0.394 e. The van der Waals surface area contributed by atoms with Gasteiger partial charge >= 0.3 is 0 Å². The molecular weight excluding hydrogens is 228 g/mol.